The molecule has 0 radical (unpaired) electrons. The molecule has 0 bridgehead atoms. The summed E-state index contributed by atoms with van der Waals surface area (Å²) in [6.07, 6.45) is -1.97. The highest BCUT2D eigenvalue weighted by Crippen LogP contribution is 2.37. The molecule has 1 aromatic carbocycles. The van der Waals surface area contributed by atoms with Crippen LogP contribution in [0, 0.1) is 11.7 Å². The third-order valence-corrected chi connectivity index (χ3v) is 3.91. The van der Waals surface area contributed by atoms with Gasteiger partial charge in [-0.3, -0.25) is 0 Å². The van der Waals surface area contributed by atoms with E-state index < -0.39 is 23.6 Å². The zero-order chi connectivity index (χ0) is 15.6. The Labute approximate surface area is 121 Å². The second-order valence-electron chi connectivity index (χ2n) is 5.49. The van der Waals surface area contributed by atoms with Crippen molar-refractivity contribution in [2.45, 2.75) is 44.5 Å². The van der Waals surface area contributed by atoms with Crippen molar-refractivity contribution in [1.29, 1.82) is 0 Å². The van der Waals surface area contributed by atoms with E-state index >= 15 is 0 Å². The number of rotatable bonds is 5. The Hall–Kier alpha value is -1.14. The summed E-state index contributed by atoms with van der Waals surface area (Å²) in [5.41, 5.74) is 5.12. The predicted octanol–water partition coefficient (Wildman–Crippen LogP) is 4.05. The van der Waals surface area contributed by atoms with Crippen molar-refractivity contribution in [3.63, 3.8) is 0 Å². The van der Waals surface area contributed by atoms with Crippen LogP contribution in [0.3, 0.4) is 0 Å². The van der Waals surface area contributed by atoms with Crippen molar-refractivity contribution >= 4 is 0 Å². The van der Waals surface area contributed by atoms with E-state index in [0.29, 0.717) is 24.5 Å². The van der Waals surface area contributed by atoms with Crippen molar-refractivity contribution in [2.24, 2.45) is 11.7 Å². The van der Waals surface area contributed by atoms with Gasteiger partial charge >= 0.3 is 6.18 Å². The molecular formula is C15H19F4NO. The summed E-state index contributed by atoms with van der Waals surface area (Å²) in [4.78, 5) is 0. The molecule has 0 aromatic heterocycles. The predicted molar refractivity (Wildman–Crippen MR) is 71.1 cm³/mol. The monoisotopic (exact) mass is 305 g/mol. The maximum atomic E-state index is 13.5. The van der Waals surface area contributed by atoms with Crippen LogP contribution < -0.4 is 5.73 Å². The Morgan fingerprint density at radius 2 is 2.00 bits per heavy atom. The van der Waals surface area contributed by atoms with Crippen LogP contribution >= 0.6 is 0 Å². The van der Waals surface area contributed by atoms with Gasteiger partial charge in [0.05, 0.1) is 11.7 Å². The van der Waals surface area contributed by atoms with Crippen LogP contribution in [0.2, 0.25) is 0 Å². The highest BCUT2D eigenvalue weighted by molar-refractivity contribution is 5.28. The van der Waals surface area contributed by atoms with Crippen LogP contribution in [0.5, 0.6) is 0 Å². The standard InChI is InChI=1S/C15H19F4NO/c1-2-21-11-5-9(6-11)7-14(20)10-3-4-12(13(16)8-10)15(17,18)19/h3-4,8-9,11,14H,2,5-7,20H2,1H3. The van der Waals surface area contributed by atoms with Gasteiger partial charge in [-0.2, -0.15) is 13.2 Å². The van der Waals surface area contributed by atoms with Crippen molar-refractivity contribution in [3.8, 4) is 0 Å². The Kier molecular flexibility index (Phi) is 4.88. The van der Waals surface area contributed by atoms with Crippen LogP contribution in [-0.4, -0.2) is 12.7 Å². The molecule has 0 spiro atoms. The maximum Gasteiger partial charge on any atom is 0.419 e. The summed E-state index contributed by atoms with van der Waals surface area (Å²) in [5, 5.41) is 0. The summed E-state index contributed by atoms with van der Waals surface area (Å²) in [7, 11) is 0. The van der Waals surface area contributed by atoms with Gasteiger partial charge in [0, 0.05) is 12.6 Å². The Bertz CT molecular complexity index is 483. The summed E-state index contributed by atoms with van der Waals surface area (Å²) < 4.78 is 56.4. The molecule has 0 saturated heterocycles. The summed E-state index contributed by atoms with van der Waals surface area (Å²) in [5.74, 6) is -0.877. The van der Waals surface area contributed by atoms with E-state index in [2.05, 4.69) is 0 Å². The number of halogens is 4. The molecule has 1 fully saturated rings. The molecule has 2 N–H and O–H groups in total. The highest BCUT2D eigenvalue weighted by Gasteiger charge is 2.35. The first-order chi connectivity index (χ1) is 9.81. The van der Waals surface area contributed by atoms with Crippen molar-refractivity contribution in [1.82, 2.24) is 0 Å². The first-order valence-corrected chi connectivity index (χ1v) is 7.05. The number of alkyl halides is 3. The van der Waals surface area contributed by atoms with Gasteiger partial charge < -0.3 is 10.5 Å². The van der Waals surface area contributed by atoms with Crippen molar-refractivity contribution < 1.29 is 22.3 Å². The summed E-state index contributed by atoms with van der Waals surface area (Å²) >= 11 is 0. The molecule has 0 heterocycles. The van der Waals surface area contributed by atoms with Crippen LogP contribution in [0.4, 0.5) is 17.6 Å². The summed E-state index contributed by atoms with van der Waals surface area (Å²) in [6, 6.07) is 2.46. The molecule has 2 rings (SSSR count). The lowest BCUT2D eigenvalue weighted by Gasteiger charge is -2.36. The quantitative estimate of drug-likeness (QED) is 0.833. The second kappa shape index (κ2) is 6.32. The first-order valence-electron chi connectivity index (χ1n) is 7.05. The fourth-order valence-corrected chi connectivity index (χ4v) is 2.73. The fourth-order valence-electron chi connectivity index (χ4n) is 2.73. The smallest absolute Gasteiger partial charge is 0.378 e. The lowest BCUT2D eigenvalue weighted by molar-refractivity contribution is -0.140. The van der Waals surface area contributed by atoms with E-state index in [1.165, 1.54) is 6.07 Å². The van der Waals surface area contributed by atoms with E-state index in [0.717, 1.165) is 25.0 Å². The first kappa shape index (κ1) is 16.2. The molecular weight excluding hydrogens is 286 g/mol. The minimum absolute atomic E-state index is 0.261. The SMILES string of the molecule is CCOC1CC(CC(N)c2ccc(C(F)(F)F)c(F)c2)C1. The molecule has 1 aromatic rings. The van der Waals surface area contributed by atoms with Crippen molar-refractivity contribution in [2.75, 3.05) is 6.61 Å². The molecule has 2 nitrogen and oxygen atoms in total. The van der Waals surface area contributed by atoms with Gasteiger partial charge in [0.25, 0.3) is 0 Å². The number of hydrogen-bond donors (Lipinski definition) is 1. The van der Waals surface area contributed by atoms with E-state index in [9.17, 15) is 17.6 Å². The highest BCUT2D eigenvalue weighted by atomic mass is 19.4. The topological polar surface area (TPSA) is 35.2 Å². The van der Waals surface area contributed by atoms with Gasteiger partial charge in [-0.15, -0.1) is 0 Å². The van der Waals surface area contributed by atoms with Crippen LogP contribution in [0.25, 0.3) is 0 Å². The molecule has 1 aliphatic carbocycles. The third kappa shape index (κ3) is 3.95. The molecule has 1 aliphatic rings. The minimum atomic E-state index is -4.68. The third-order valence-electron chi connectivity index (χ3n) is 3.91. The van der Waals surface area contributed by atoms with Gasteiger partial charge in [-0.25, -0.2) is 4.39 Å². The van der Waals surface area contributed by atoms with Gasteiger partial charge in [-0.1, -0.05) is 6.07 Å². The normalized spacial score (nSPS) is 23.7. The zero-order valence-electron chi connectivity index (χ0n) is 11.8. The average Bonchev–Trinajstić information content (AvgIpc) is 2.34. The number of ether oxygens (including phenoxy) is 1. The molecule has 0 aliphatic heterocycles. The lowest BCUT2D eigenvalue weighted by atomic mass is 9.77. The van der Waals surface area contributed by atoms with Crippen molar-refractivity contribution in [3.05, 3.63) is 35.1 Å². The van der Waals surface area contributed by atoms with Gasteiger partial charge in [-0.05, 0) is 49.8 Å². The molecule has 6 heteroatoms. The molecule has 118 valence electrons. The van der Waals surface area contributed by atoms with Gasteiger partial charge in [0.1, 0.15) is 5.82 Å². The molecule has 0 amide bonds. The maximum absolute atomic E-state index is 13.5. The average molecular weight is 305 g/mol. The molecule has 21 heavy (non-hydrogen) atoms. The number of hydrogen-bond acceptors (Lipinski definition) is 2. The van der Waals surface area contributed by atoms with Gasteiger partial charge in [0.2, 0.25) is 0 Å². The molecule has 1 saturated carbocycles. The van der Waals surface area contributed by atoms with Crippen LogP contribution in [-0.2, 0) is 10.9 Å². The summed E-state index contributed by atoms with van der Waals surface area (Å²) in [6.45, 7) is 2.61. The number of nitrogens with two attached hydrogens (primary N) is 1. The fraction of sp³-hybridized carbons (Fsp3) is 0.600. The van der Waals surface area contributed by atoms with E-state index in [-0.39, 0.29) is 6.10 Å². The number of benzene rings is 1. The van der Waals surface area contributed by atoms with Crippen LogP contribution in [0.15, 0.2) is 18.2 Å². The van der Waals surface area contributed by atoms with Gasteiger partial charge in [0.15, 0.2) is 0 Å². The van der Waals surface area contributed by atoms with Crippen LogP contribution in [0.1, 0.15) is 43.4 Å². The van der Waals surface area contributed by atoms with E-state index in [1.807, 2.05) is 6.92 Å². The Morgan fingerprint density at radius 3 is 2.52 bits per heavy atom. The molecule has 1 atom stereocenters. The second-order valence-corrected chi connectivity index (χ2v) is 5.49. The minimum Gasteiger partial charge on any atom is -0.378 e. The Balaban J connectivity index is 1.95. The largest absolute Gasteiger partial charge is 0.419 e. The van der Waals surface area contributed by atoms with E-state index in [1.54, 1.807) is 0 Å². The van der Waals surface area contributed by atoms with E-state index in [4.69, 9.17) is 10.5 Å². The zero-order valence-corrected chi connectivity index (χ0v) is 11.8. The lowest BCUT2D eigenvalue weighted by Crippen LogP contribution is -2.33. The Morgan fingerprint density at radius 1 is 1.33 bits per heavy atom. The molecule has 1 unspecified atom stereocenters.